The van der Waals surface area contributed by atoms with Crippen LogP contribution in [0.2, 0.25) is 0 Å². The van der Waals surface area contributed by atoms with Gasteiger partial charge < -0.3 is 14.9 Å². The summed E-state index contributed by atoms with van der Waals surface area (Å²) >= 11 is 0. The van der Waals surface area contributed by atoms with Gasteiger partial charge in [-0.15, -0.1) is 0 Å². The molecule has 1 aromatic rings. The molecule has 2 N–H and O–H groups in total. The Morgan fingerprint density at radius 3 is 2.42 bits per heavy atom. The predicted octanol–water partition coefficient (Wildman–Crippen LogP) is 3.17. The maximum Gasteiger partial charge on any atom is 0.309 e. The molecule has 2 aliphatic rings. The van der Waals surface area contributed by atoms with Crippen LogP contribution in [0.1, 0.15) is 60.8 Å². The lowest BCUT2D eigenvalue weighted by molar-refractivity contribution is -0.151. The number of aliphatic carboxylic acids is 2. The fourth-order valence-electron chi connectivity index (χ4n) is 4.46. The van der Waals surface area contributed by atoms with Crippen LogP contribution in [0.15, 0.2) is 6.07 Å². The number of rotatable bonds is 4. The fourth-order valence-corrected chi connectivity index (χ4v) is 4.46. The number of benzene rings is 1. The number of carboxylic acids is 2. The predicted molar refractivity (Wildman–Crippen MR) is 88.7 cm³/mol. The summed E-state index contributed by atoms with van der Waals surface area (Å²) in [7, 11) is 1.63. The zero-order chi connectivity index (χ0) is 17.5. The Labute approximate surface area is 141 Å². The lowest BCUT2D eigenvalue weighted by atomic mass is 9.62. The molecule has 3 rings (SSSR count). The average Bonchev–Trinajstić information content (AvgIpc) is 2.56. The summed E-state index contributed by atoms with van der Waals surface area (Å²) in [6.07, 6.45) is 5.20. The van der Waals surface area contributed by atoms with Gasteiger partial charge in [-0.05, 0) is 73.8 Å². The van der Waals surface area contributed by atoms with Crippen molar-refractivity contribution in [3.05, 3.63) is 28.3 Å². The summed E-state index contributed by atoms with van der Waals surface area (Å²) in [5, 5.41) is 19.1. The smallest absolute Gasteiger partial charge is 0.309 e. The highest BCUT2D eigenvalue weighted by Crippen LogP contribution is 2.51. The molecule has 0 heterocycles. The molecule has 0 aromatic heterocycles. The number of carboxylic acid groups (broad SMARTS) is 2. The van der Waals surface area contributed by atoms with Crippen LogP contribution in [0.5, 0.6) is 5.75 Å². The van der Waals surface area contributed by atoms with Crippen molar-refractivity contribution in [2.75, 3.05) is 7.11 Å². The van der Waals surface area contributed by atoms with Crippen LogP contribution >= 0.6 is 0 Å². The largest absolute Gasteiger partial charge is 0.496 e. The van der Waals surface area contributed by atoms with Crippen molar-refractivity contribution >= 4 is 11.9 Å². The number of ether oxygens (including phenoxy) is 1. The molecule has 1 aromatic carbocycles. The van der Waals surface area contributed by atoms with Gasteiger partial charge in [-0.1, -0.05) is 0 Å². The van der Waals surface area contributed by atoms with Gasteiger partial charge in [-0.2, -0.15) is 0 Å². The SMILES string of the molecule is COc1cc2c(c3c1CCCC3)CC[C@](C)(C(=O)O)[C@@H]2CC(=O)O. The molecule has 130 valence electrons. The van der Waals surface area contributed by atoms with Crippen LogP contribution in [0.4, 0.5) is 0 Å². The van der Waals surface area contributed by atoms with Crippen LogP contribution in [0.25, 0.3) is 0 Å². The topological polar surface area (TPSA) is 83.8 Å². The highest BCUT2D eigenvalue weighted by molar-refractivity contribution is 5.79. The van der Waals surface area contributed by atoms with E-state index in [-0.39, 0.29) is 6.42 Å². The maximum atomic E-state index is 11.9. The zero-order valence-electron chi connectivity index (χ0n) is 14.2. The lowest BCUT2D eigenvalue weighted by Gasteiger charge is -2.41. The van der Waals surface area contributed by atoms with Crippen molar-refractivity contribution in [1.82, 2.24) is 0 Å². The normalized spacial score (nSPS) is 25.5. The van der Waals surface area contributed by atoms with Gasteiger partial charge in [0.05, 0.1) is 18.9 Å². The average molecular weight is 332 g/mol. The highest BCUT2D eigenvalue weighted by Gasteiger charge is 2.47. The Morgan fingerprint density at radius 2 is 1.83 bits per heavy atom. The lowest BCUT2D eigenvalue weighted by Crippen LogP contribution is -2.40. The second kappa shape index (κ2) is 6.11. The Kier molecular flexibility index (Phi) is 4.28. The van der Waals surface area contributed by atoms with Gasteiger partial charge in [0, 0.05) is 5.92 Å². The molecule has 0 bridgehead atoms. The summed E-state index contributed by atoms with van der Waals surface area (Å²) in [4.78, 5) is 23.3. The van der Waals surface area contributed by atoms with E-state index in [9.17, 15) is 19.8 Å². The monoisotopic (exact) mass is 332 g/mol. The molecule has 0 spiro atoms. The van der Waals surface area contributed by atoms with E-state index < -0.39 is 23.3 Å². The highest BCUT2D eigenvalue weighted by atomic mass is 16.5. The molecule has 5 nitrogen and oxygen atoms in total. The third-order valence-electron chi connectivity index (χ3n) is 5.89. The minimum Gasteiger partial charge on any atom is -0.496 e. The van der Waals surface area contributed by atoms with Crippen LogP contribution in [-0.4, -0.2) is 29.3 Å². The molecule has 5 heteroatoms. The van der Waals surface area contributed by atoms with Gasteiger partial charge in [-0.25, -0.2) is 0 Å². The van der Waals surface area contributed by atoms with Crippen molar-refractivity contribution in [2.45, 2.75) is 57.8 Å². The summed E-state index contributed by atoms with van der Waals surface area (Å²) in [5.74, 6) is -1.63. The Bertz CT molecular complexity index is 693. The van der Waals surface area contributed by atoms with Crippen molar-refractivity contribution in [2.24, 2.45) is 5.41 Å². The second-order valence-corrected chi connectivity index (χ2v) is 7.18. The summed E-state index contributed by atoms with van der Waals surface area (Å²) < 4.78 is 5.57. The molecule has 24 heavy (non-hydrogen) atoms. The van der Waals surface area contributed by atoms with Crippen molar-refractivity contribution in [3.8, 4) is 5.75 Å². The first-order valence-electron chi connectivity index (χ1n) is 8.55. The molecule has 0 saturated carbocycles. The van der Waals surface area contributed by atoms with E-state index in [2.05, 4.69) is 0 Å². The van der Waals surface area contributed by atoms with E-state index in [1.807, 2.05) is 6.07 Å². The molecular weight excluding hydrogens is 308 g/mol. The molecule has 0 amide bonds. The summed E-state index contributed by atoms with van der Waals surface area (Å²) in [6.45, 7) is 1.68. The van der Waals surface area contributed by atoms with E-state index in [1.165, 1.54) is 16.7 Å². The first kappa shape index (κ1) is 16.8. The van der Waals surface area contributed by atoms with Crippen LogP contribution in [-0.2, 0) is 28.9 Å². The third kappa shape index (κ3) is 2.56. The fraction of sp³-hybridized carbons (Fsp3) is 0.579. The Hall–Kier alpha value is -2.04. The van der Waals surface area contributed by atoms with Gasteiger partial charge in [-0.3, -0.25) is 9.59 Å². The van der Waals surface area contributed by atoms with Crippen LogP contribution in [0.3, 0.4) is 0 Å². The molecule has 0 radical (unpaired) electrons. The van der Waals surface area contributed by atoms with Crippen LogP contribution in [0, 0.1) is 5.41 Å². The van der Waals surface area contributed by atoms with E-state index in [4.69, 9.17) is 4.74 Å². The first-order valence-corrected chi connectivity index (χ1v) is 8.55. The molecule has 0 unspecified atom stereocenters. The van der Waals surface area contributed by atoms with Crippen molar-refractivity contribution in [1.29, 1.82) is 0 Å². The Morgan fingerprint density at radius 1 is 1.17 bits per heavy atom. The van der Waals surface area contributed by atoms with E-state index in [0.29, 0.717) is 12.8 Å². The molecule has 2 atom stereocenters. The van der Waals surface area contributed by atoms with Gasteiger partial charge in [0.15, 0.2) is 0 Å². The maximum absolute atomic E-state index is 11.9. The first-order chi connectivity index (χ1) is 11.4. The van der Waals surface area contributed by atoms with Gasteiger partial charge >= 0.3 is 11.9 Å². The molecular formula is C19H24O5. The van der Waals surface area contributed by atoms with E-state index in [1.54, 1.807) is 14.0 Å². The standard InChI is InChI=1S/C19H24O5/c1-19(18(22)23)8-7-12-11-5-3-4-6-13(11)16(24-2)9-14(12)15(19)10-17(20)21/h9,15H,3-8,10H2,1-2H3,(H,20,21)(H,22,23)/t15-,19+/m1/s1. The van der Waals surface area contributed by atoms with Crippen LogP contribution < -0.4 is 4.74 Å². The molecule has 0 aliphatic heterocycles. The second-order valence-electron chi connectivity index (χ2n) is 7.18. The van der Waals surface area contributed by atoms with Crippen molar-refractivity contribution in [3.63, 3.8) is 0 Å². The van der Waals surface area contributed by atoms with Gasteiger partial charge in [0.25, 0.3) is 0 Å². The van der Waals surface area contributed by atoms with Crippen molar-refractivity contribution < 1.29 is 24.5 Å². The van der Waals surface area contributed by atoms with Gasteiger partial charge in [0.2, 0.25) is 0 Å². The Balaban J connectivity index is 2.20. The van der Waals surface area contributed by atoms with E-state index >= 15 is 0 Å². The number of carbonyl (C=O) groups is 2. The summed E-state index contributed by atoms with van der Waals surface area (Å²) in [6, 6.07) is 1.91. The number of methoxy groups -OCH3 is 1. The zero-order valence-corrected chi connectivity index (χ0v) is 14.2. The summed E-state index contributed by atoms with van der Waals surface area (Å²) in [5.41, 5.74) is 3.50. The number of hydrogen-bond acceptors (Lipinski definition) is 3. The quantitative estimate of drug-likeness (QED) is 0.885. The number of fused-ring (bicyclic) bond motifs is 3. The molecule has 0 saturated heterocycles. The minimum absolute atomic E-state index is 0.169. The third-order valence-corrected chi connectivity index (χ3v) is 5.89. The molecule has 2 aliphatic carbocycles. The van der Waals surface area contributed by atoms with E-state index in [0.717, 1.165) is 37.0 Å². The molecule has 0 fully saturated rings. The van der Waals surface area contributed by atoms with Gasteiger partial charge in [0.1, 0.15) is 5.75 Å². The number of hydrogen-bond donors (Lipinski definition) is 2. The minimum atomic E-state index is -1.06.